The monoisotopic (exact) mass is 181 g/mol. The van der Waals surface area contributed by atoms with Crippen molar-refractivity contribution >= 4 is 5.78 Å². The molecule has 2 fully saturated rings. The third-order valence-electron chi connectivity index (χ3n) is 3.60. The zero-order valence-electron chi connectivity index (χ0n) is 8.27. The van der Waals surface area contributed by atoms with Crippen LogP contribution in [0.1, 0.15) is 51.4 Å². The number of nitrogens with one attached hydrogen (secondary N) is 1. The minimum atomic E-state index is 0.352. The number of hydrogen-bond donors (Lipinski definition) is 1. The Labute approximate surface area is 80.1 Å². The Kier molecular flexibility index (Phi) is 2.68. The molecule has 74 valence electrons. The highest BCUT2D eigenvalue weighted by Crippen LogP contribution is 2.33. The molecule has 1 N–H and O–H groups in total. The summed E-state index contributed by atoms with van der Waals surface area (Å²) in [5.74, 6) is 0.454. The van der Waals surface area contributed by atoms with Gasteiger partial charge in [0.2, 0.25) is 0 Å². The summed E-state index contributed by atoms with van der Waals surface area (Å²) in [6.45, 7) is 0.916. The highest BCUT2D eigenvalue weighted by molar-refractivity contribution is 5.78. The first-order valence-electron chi connectivity index (χ1n) is 5.58. The fraction of sp³-hybridized carbons (Fsp3) is 0.909. The molecule has 0 unspecified atom stereocenters. The maximum Gasteiger partial charge on any atom is 0.134 e. The zero-order chi connectivity index (χ0) is 9.15. The molecule has 0 aromatic rings. The van der Waals surface area contributed by atoms with Gasteiger partial charge in [0, 0.05) is 24.9 Å². The molecule has 1 heterocycles. The van der Waals surface area contributed by atoms with Gasteiger partial charge in [-0.15, -0.1) is 0 Å². The molecule has 2 rings (SSSR count). The van der Waals surface area contributed by atoms with E-state index in [0.29, 0.717) is 11.3 Å². The molecule has 1 aliphatic carbocycles. The molecule has 0 atom stereocenters. The van der Waals surface area contributed by atoms with Crippen molar-refractivity contribution in [1.29, 1.82) is 0 Å². The van der Waals surface area contributed by atoms with Crippen LogP contribution in [0.4, 0.5) is 0 Å². The summed E-state index contributed by atoms with van der Waals surface area (Å²) in [6.07, 6.45) is 9.32. The van der Waals surface area contributed by atoms with Crippen molar-refractivity contribution in [3.05, 3.63) is 0 Å². The van der Waals surface area contributed by atoms with Crippen LogP contribution in [0, 0.1) is 0 Å². The van der Waals surface area contributed by atoms with Gasteiger partial charge in [0.15, 0.2) is 0 Å². The molecule has 13 heavy (non-hydrogen) atoms. The van der Waals surface area contributed by atoms with Gasteiger partial charge in [0.05, 0.1) is 0 Å². The molecule has 0 aromatic heterocycles. The highest BCUT2D eigenvalue weighted by atomic mass is 16.1. The van der Waals surface area contributed by atoms with E-state index in [1.165, 1.54) is 32.1 Å². The van der Waals surface area contributed by atoms with E-state index in [0.717, 1.165) is 25.8 Å². The molecule has 1 spiro atoms. The van der Waals surface area contributed by atoms with Crippen LogP contribution >= 0.6 is 0 Å². The largest absolute Gasteiger partial charge is 0.311 e. The molecular weight excluding hydrogens is 162 g/mol. The van der Waals surface area contributed by atoms with Gasteiger partial charge in [-0.1, -0.05) is 19.3 Å². The van der Waals surface area contributed by atoms with Crippen LogP contribution in [0.15, 0.2) is 0 Å². The topological polar surface area (TPSA) is 29.1 Å². The molecule has 1 saturated heterocycles. The van der Waals surface area contributed by atoms with Gasteiger partial charge in [0.25, 0.3) is 0 Å². The molecule has 2 aliphatic rings. The molecule has 0 aromatic carbocycles. The zero-order valence-corrected chi connectivity index (χ0v) is 8.27. The molecule has 0 bridgehead atoms. The van der Waals surface area contributed by atoms with Crippen LogP contribution in [0.3, 0.4) is 0 Å². The standard InChI is InChI=1S/C11H19NO/c13-10-4-8-11(12-9-5-10)6-2-1-3-7-11/h12H,1-9H2. The summed E-state index contributed by atoms with van der Waals surface area (Å²) >= 11 is 0. The first kappa shape index (κ1) is 9.20. The lowest BCUT2D eigenvalue weighted by atomic mass is 9.79. The number of carbonyl (C=O) groups is 1. The van der Waals surface area contributed by atoms with Gasteiger partial charge < -0.3 is 5.32 Å². The average Bonchev–Trinajstić information content (AvgIpc) is 2.32. The van der Waals surface area contributed by atoms with E-state index in [2.05, 4.69) is 5.32 Å². The Hall–Kier alpha value is -0.370. The molecule has 0 amide bonds. The molecule has 0 radical (unpaired) electrons. The maximum absolute atomic E-state index is 11.3. The van der Waals surface area contributed by atoms with Crippen molar-refractivity contribution in [3.8, 4) is 0 Å². The highest BCUT2D eigenvalue weighted by Gasteiger charge is 2.33. The van der Waals surface area contributed by atoms with Gasteiger partial charge in [-0.25, -0.2) is 0 Å². The Morgan fingerprint density at radius 2 is 1.77 bits per heavy atom. The van der Waals surface area contributed by atoms with Crippen molar-refractivity contribution < 1.29 is 4.79 Å². The SMILES string of the molecule is O=C1CCNC2(CCCCC2)CC1. The van der Waals surface area contributed by atoms with E-state index >= 15 is 0 Å². The fourth-order valence-corrected chi connectivity index (χ4v) is 2.71. The van der Waals surface area contributed by atoms with Gasteiger partial charge in [0.1, 0.15) is 5.78 Å². The Bertz CT molecular complexity index is 194. The second kappa shape index (κ2) is 3.79. The number of hydrogen-bond acceptors (Lipinski definition) is 2. The van der Waals surface area contributed by atoms with E-state index < -0.39 is 0 Å². The Morgan fingerprint density at radius 1 is 1.00 bits per heavy atom. The third kappa shape index (κ3) is 2.11. The lowest BCUT2D eigenvalue weighted by Gasteiger charge is -2.37. The van der Waals surface area contributed by atoms with E-state index in [1.807, 2.05) is 0 Å². The van der Waals surface area contributed by atoms with Gasteiger partial charge in [-0.3, -0.25) is 4.79 Å². The summed E-state index contributed by atoms with van der Waals surface area (Å²) in [6, 6.07) is 0. The number of Topliss-reactive ketones (excluding diaryl/α,β-unsaturated/α-hetero) is 1. The summed E-state index contributed by atoms with van der Waals surface area (Å²) in [5.41, 5.74) is 0.352. The van der Waals surface area contributed by atoms with Crippen molar-refractivity contribution in [2.45, 2.75) is 56.9 Å². The average molecular weight is 181 g/mol. The molecule has 2 heteroatoms. The maximum atomic E-state index is 11.3. The van der Waals surface area contributed by atoms with Crippen LogP contribution < -0.4 is 5.32 Å². The lowest BCUT2D eigenvalue weighted by molar-refractivity contribution is -0.118. The second-order valence-corrected chi connectivity index (χ2v) is 4.56. The minimum absolute atomic E-state index is 0.352. The Morgan fingerprint density at radius 3 is 2.54 bits per heavy atom. The van der Waals surface area contributed by atoms with E-state index in [1.54, 1.807) is 0 Å². The molecular formula is C11H19NO. The molecule has 1 saturated carbocycles. The number of carbonyl (C=O) groups excluding carboxylic acids is 1. The molecule has 2 nitrogen and oxygen atoms in total. The predicted octanol–water partition coefficient (Wildman–Crippen LogP) is 2.03. The van der Waals surface area contributed by atoms with Crippen LogP contribution in [0.5, 0.6) is 0 Å². The van der Waals surface area contributed by atoms with Gasteiger partial charge in [-0.2, -0.15) is 0 Å². The summed E-state index contributed by atoms with van der Waals surface area (Å²) in [7, 11) is 0. The number of rotatable bonds is 0. The van der Waals surface area contributed by atoms with Crippen LogP contribution in [0.2, 0.25) is 0 Å². The summed E-state index contributed by atoms with van der Waals surface area (Å²) in [5, 5.41) is 3.61. The second-order valence-electron chi connectivity index (χ2n) is 4.56. The van der Waals surface area contributed by atoms with Crippen molar-refractivity contribution in [1.82, 2.24) is 5.32 Å². The van der Waals surface area contributed by atoms with E-state index in [9.17, 15) is 4.79 Å². The van der Waals surface area contributed by atoms with Crippen LogP contribution in [-0.4, -0.2) is 17.9 Å². The van der Waals surface area contributed by atoms with Crippen molar-refractivity contribution in [2.24, 2.45) is 0 Å². The lowest BCUT2D eigenvalue weighted by Crippen LogP contribution is -2.45. The Balaban J connectivity index is 1.99. The third-order valence-corrected chi connectivity index (χ3v) is 3.60. The fourth-order valence-electron chi connectivity index (χ4n) is 2.71. The normalized spacial score (nSPS) is 28.8. The first-order valence-corrected chi connectivity index (χ1v) is 5.58. The smallest absolute Gasteiger partial charge is 0.134 e. The van der Waals surface area contributed by atoms with Gasteiger partial charge in [-0.05, 0) is 19.3 Å². The van der Waals surface area contributed by atoms with Crippen molar-refractivity contribution in [2.75, 3.05) is 6.54 Å². The van der Waals surface area contributed by atoms with Crippen molar-refractivity contribution in [3.63, 3.8) is 0 Å². The van der Waals surface area contributed by atoms with Gasteiger partial charge >= 0.3 is 0 Å². The van der Waals surface area contributed by atoms with Crippen LogP contribution in [-0.2, 0) is 4.79 Å². The summed E-state index contributed by atoms with van der Waals surface area (Å²) in [4.78, 5) is 11.3. The predicted molar refractivity (Wildman–Crippen MR) is 52.7 cm³/mol. The van der Waals surface area contributed by atoms with E-state index in [4.69, 9.17) is 0 Å². The minimum Gasteiger partial charge on any atom is -0.311 e. The van der Waals surface area contributed by atoms with E-state index in [-0.39, 0.29) is 0 Å². The first-order chi connectivity index (χ1) is 6.31. The number of ketones is 1. The summed E-state index contributed by atoms with van der Waals surface area (Å²) < 4.78 is 0. The quantitative estimate of drug-likeness (QED) is 0.619. The van der Waals surface area contributed by atoms with Crippen LogP contribution in [0.25, 0.3) is 0 Å². The molecule has 1 aliphatic heterocycles.